The fourth-order valence-electron chi connectivity index (χ4n) is 3.34. The van der Waals surface area contributed by atoms with Gasteiger partial charge in [0.2, 0.25) is 11.0 Å². The molecule has 0 aliphatic carbocycles. The first kappa shape index (κ1) is 23.7. The minimum absolute atomic E-state index is 0.0447. The molecule has 3 aromatic rings. The maximum absolute atomic E-state index is 12.7. The normalized spacial score (nSPS) is 15.8. The first-order chi connectivity index (χ1) is 16.5. The van der Waals surface area contributed by atoms with Crippen LogP contribution in [0.3, 0.4) is 0 Å². The van der Waals surface area contributed by atoms with Crippen LogP contribution in [0.1, 0.15) is 22.9 Å². The second kappa shape index (κ2) is 11.1. The van der Waals surface area contributed by atoms with Crippen LogP contribution in [0.5, 0.6) is 0 Å². The van der Waals surface area contributed by atoms with E-state index >= 15 is 0 Å². The zero-order valence-electron chi connectivity index (χ0n) is 18.9. The van der Waals surface area contributed by atoms with E-state index in [1.807, 2.05) is 74.5 Å². The maximum Gasteiger partial charge on any atom is 0.266 e. The van der Waals surface area contributed by atoms with Gasteiger partial charge < -0.3 is 5.32 Å². The van der Waals surface area contributed by atoms with E-state index < -0.39 is 0 Å². The first-order valence-electron chi connectivity index (χ1n) is 10.9. The van der Waals surface area contributed by atoms with Crippen LogP contribution in [0.2, 0.25) is 0 Å². The Morgan fingerprint density at radius 2 is 1.91 bits per heavy atom. The van der Waals surface area contributed by atoms with Crippen molar-refractivity contribution in [3.8, 4) is 0 Å². The van der Waals surface area contributed by atoms with Crippen molar-refractivity contribution in [2.75, 3.05) is 17.3 Å². The summed E-state index contributed by atoms with van der Waals surface area (Å²) in [7, 11) is 0. The molecule has 2 heterocycles. The van der Waals surface area contributed by atoms with E-state index in [0.717, 1.165) is 21.7 Å². The number of rotatable bonds is 8. The highest BCUT2D eigenvalue weighted by Gasteiger charge is 2.32. The summed E-state index contributed by atoms with van der Waals surface area (Å²) in [6.07, 6.45) is 4.53. The van der Waals surface area contributed by atoms with Crippen LogP contribution in [0.15, 0.2) is 76.9 Å². The molecule has 0 bridgehead atoms. The summed E-state index contributed by atoms with van der Waals surface area (Å²) in [5.41, 5.74) is 5.91. The molecule has 0 unspecified atom stereocenters. The molecule has 1 fully saturated rings. The minimum atomic E-state index is -0.0990. The first-order valence-corrected chi connectivity index (χ1v) is 12.5. The van der Waals surface area contributed by atoms with Gasteiger partial charge in [0, 0.05) is 23.3 Å². The van der Waals surface area contributed by atoms with E-state index in [2.05, 4.69) is 20.8 Å². The van der Waals surface area contributed by atoms with Gasteiger partial charge in [-0.2, -0.15) is 0 Å². The third-order valence-corrected chi connectivity index (χ3v) is 7.08. The summed E-state index contributed by atoms with van der Waals surface area (Å²) in [5.74, 6) is -0.144. The molecule has 0 radical (unpaired) electrons. The van der Waals surface area contributed by atoms with E-state index in [1.54, 1.807) is 11.1 Å². The number of likely N-dealkylation sites (N-methyl/N-ethyl adjacent to an activating group) is 1. The number of amidine groups is 1. The quantitative estimate of drug-likeness (QED) is 0.341. The number of hydrogen-bond acceptors (Lipinski definition) is 7. The number of amides is 2. The van der Waals surface area contributed by atoms with Crippen LogP contribution < -0.4 is 10.7 Å². The predicted molar refractivity (Wildman–Crippen MR) is 140 cm³/mol. The second-order valence-electron chi connectivity index (χ2n) is 7.59. The second-order valence-corrected chi connectivity index (χ2v) is 9.71. The number of para-hydroxylation sites is 1. The number of thioether (sulfide) groups is 1. The zero-order chi connectivity index (χ0) is 23.9. The summed E-state index contributed by atoms with van der Waals surface area (Å²) >= 11 is 2.71. The van der Waals surface area contributed by atoms with E-state index in [1.165, 1.54) is 23.1 Å². The van der Waals surface area contributed by atoms with E-state index in [0.29, 0.717) is 28.2 Å². The van der Waals surface area contributed by atoms with Crippen LogP contribution in [0.25, 0.3) is 0 Å². The van der Waals surface area contributed by atoms with Crippen LogP contribution in [0.4, 0.5) is 10.8 Å². The van der Waals surface area contributed by atoms with E-state index in [4.69, 9.17) is 0 Å². The Kier molecular flexibility index (Phi) is 7.76. The smallest absolute Gasteiger partial charge is 0.266 e. The largest absolute Gasteiger partial charge is 0.326 e. The molecule has 2 amide bonds. The molecule has 9 heteroatoms. The molecule has 0 atom stereocenters. The Hall–Kier alpha value is -3.43. The predicted octanol–water partition coefficient (Wildman–Crippen LogP) is 5.04. The number of carbonyl (C=O) groups excluding carboxylic acids is 2. The summed E-state index contributed by atoms with van der Waals surface area (Å²) in [6.45, 7) is 4.40. The Bertz CT molecular complexity index is 1240. The molecular formula is C25H25N5O2S2. The lowest BCUT2D eigenvalue weighted by Crippen LogP contribution is -2.29. The highest BCUT2D eigenvalue weighted by atomic mass is 32.2. The topological polar surface area (TPSA) is 86.7 Å². The lowest BCUT2D eigenvalue weighted by Gasteiger charge is -2.11. The standard InChI is InChI=1S/C25H25N5O2S2/c1-3-30-23(32)21(14-13-18-10-5-4-6-11-18)34-25(30)29-28-24-26-16-19(33-24)15-22(31)27-20-12-8-7-9-17(20)2/h4-12,14,16H,3,13,15H2,1-2H3,(H,26,28)(H,27,31)/b21-14+,29-25-. The van der Waals surface area contributed by atoms with Crippen LogP contribution in [-0.4, -0.2) is 33.4 Å². The molecule has 2 aromatic carbocycles. The zero-order valence-corrected chi connectivity index (χ0v) is 20.6. The van der Waals surface area contributed by atoms with Crippen LogP contribution in [-0.2, 0) is 22.4 Å². The number of nitrogens with zero attached hydrogens (tertiary/aromatic N) is 3. The van der Waals surface area contributed by atoms with Gasteiger partial charge in [0.25, 0.3) is 5.91 Å². The number of anilines is 2. The van der Waals surface area contributed by atoms with Gasteiger partial charge in [0.05, 0.1) is 11.3 Å². The molecule has 1 aromatic heterocycles. The number of carbonyl (C=O) groups is 2. The Morgan fingerprint density at radius 3 is 2.68 bits per heavy atom. The third-order valence-electron chi connectivity index (χ3n) is 5.12. The number of aryl methyl sites for hydroxylation is 1. The van der Waals surface area contributed by atoms with Gasteiger partial charge in [-0.3, -0.25) is 19.9 Å². The number of benzene rings is 2. The van der Waals surface area contributed by atoms with Gasteiger partial charge in [0.15, 0.2) is 5.17 Å². The summed E-state index contributed by atoms with van der Waals surface area (Å²) in [6, 6.07) is 17.7. The van der Waals surface area contributed by atoms with Crippen molar-refractivity contribution in [1.82, 2.24) is 9.88 Å². The molecule has 34 heavy (non-hydrogen) atoms. The highest BCUT2D eigenvalue weighted by Crippen LogP contribution is 2.31. The van der Waals surface area contributed by atoms with Crippen molar-refractivity contribution < 1.29 is 9.59 Å². The van der Waals surface area contributed by atoms with Crippen molar-refractivity contribution in [2.45, 2.75) is 26.7 Å². The van der Waals surface area contributed by atoms with Gasteiger partial charge >= 0.3 is 0 Å². The Morgan fingerprint density at radius 1 is 1.15 bits per heavy atom. The number of thiazole rings is 1. The maximum atomic E-state index is 12.7. The number of hydrazone groups is 1. The third kappa shape index (κ3) is 5.92. The summed E-state index contributed by atoms with van der Waals surface area (Å²) < 4.78 is 0. The molecule has 1 aliphatic heterocycles. The molecular weight excluding hydrogens is 466 g/mol. The molecule has 0 saturated carbocycles. The van der Waals surface area contributed by atoms with Crippen LogP contribution in [0, 0.1) is 6.92 Å². The number of aromatic nitrogens is 1. The fraction of sp³-hybridized carbons (Fsp3) is 0.200. The van der Waals surface area contributed by atoms with Crippen molar-refractivity contribution in [3.63, 3.8) is 0 Å². The lowest BCUT2D eigenvalue weighted by molar-refractivity contribution is -0.122. The van der Waals surface area contributed by atoms with Crippen molar-refractivity contribution in [1.29, 1.82) is 0 Å². The van der Waals surface area contributed by atoms with Crippen LogP contribution >= 0.6 is 23.1 Å². The average Bonchev–Trinajstić information content (AvgIpc) is 3.41. The monoisotopic (exact) mass is 491 g/mol. The van der Waals surface area contributed by atoms with E-state index in [-0.39, 0.29) is 18.2 Å². The molecule has 2 N–H and O–H groups in total. The van der Waals surface area contributed by atoms with Gasteiger partial charge in [-0.1, -0.05) is 65.9 Å². The number of nitrogens with one attached hydrogen (secondary N) is 2. The summed E-state index contributed by atoms with van der Waals surface area (Å²) in [5, 5.41) is 8.50. The SMILES string of the molecule is CCN1C(=O)/C(=C\Cc2ccccc2)S/C1=N\Nc1ncc(CC(=O)Nc2ccccc2C)s1. The molecule has 7 nitrogen and oxygen atoms in total. The number of hydrogen-bond donors (Lipinski definition) is 2. The minimum Gasteiger partial charge on any atom is -0.326 e. The van der Waals surface area contributed by atoms with Gasteiger partial charge in [-0.05, 0) is 49.2 Å². The lowest BCUT2D eigenvalue weighted by atomic mass is 10.1. The van der Waals surface area contributed by atoms with Gasteiger partial charge in [-0.15, -0.1) is 5.10 Å². The highest BCUT2D eigenvalue weighted by molar-refractivity contribution is 8.18. The molecule has 0 spiro atoms. The van der Waals surface area contributed by atoms with Crippen molar-refractivity contribution in [2.24, 2.45) is 5.10 Å². The van der Waals surface area contributed by atoms with Crippen molar-refractivity contribution in [3.05, 3.63) is 87.8 Å². The molecule has 174 valence electrons. The average molecular weight is 492 g/mol. The van der Waals surface area contributed by atoms with Gasteiger partial charge in [-0.25, -0.2) is 4.98 Å². The molecule has 1 saturated heterocycles. The van der Waals surface area contributed by atoms with E-state index in [9.17, 15) is 9.59 Å². The Labute approximate surface area is 207 Å². The summed E-state index contributed by atoms with van der Waals surface area (Å²) in [4.78, 5) is 32.6. The van der Waals surface area contributed by atoms with Gasteiger partial charge in [0.1, 0.15) is 0 Å². The Balaban J connectivity index is 1.37. The fourth-order valence-corrected chi connectivity index (χ4v) is 5.06. The molecule has 4 rings (SSSR count). The molecule has 1 aliphatic rings. The number of allylic oxidation sites excluding steroid dienone is 1. The van der Waals surface area contributed by atoms with Crippen molar-refractivity contribution >= 4 is 50.9 Å².